The molecule has 1 unspecified atom stereocenters. The molecule has 0 saturated carbocycles. The number of nitro groups is 1. The molecule has 1 aliphatic rings. The van der Waals surface area contributed by atoms with Crippen molar-refractivity contribution in [2.45, 2.75) is 34.7 Å². The predicted molar refractivity (Wildman–Crippen MR) is 72.7 cm³/mol. The van der Waals surface area contributed by atoms with E-state index >= 15 is 0 Å². The summed E-state index contributed by atoms with van der Waals surface area (Å²) in [5.41, 5.74) is -0.963. The number of benzene rings is 1. The molecule has 0 amide bonds. The third-order valence-electron chi connectivity index (χ3n) is 3.15. The van der Waals surface area contributed by atoms with Crippen LogP contribution >= 0.6 is 11.8 Å². The Labute approximate surface area is 124 Å². The molecule has 4 N–H and O–H groups in total. The van der Waals surface area contributed by atoms with E-state index in [0.717, 1.165) is 11.8 Å². The van der Waals surface area contributed by atoms with Crippen LogP contribution in [0.4, 0.5) is 5.69 Å². The predicted octanol–water partition coefficient (Wildman–Crippen LogP) is -0.513. The minimum atomic E-state index is -1.44. The fraction of sp³-hybridized carbons (Fsp3) is 0.500. The molecule has 1 aliphatic heterocycles. The zero-order chi connectivity index (χ0) is 15.6. The lowest BCUT2D eigenvalue weighted by Crippen LogP contribution is -2.57. The van der Waals surface area contributed by atoms with Crippen molar-refractivity contribution in [2.75, 3.05) is 6.61 Å². The summed E-state index contributed by atoms with van der Waals surface area (Å²) in [4.78, 5) is 10.6. The smallest absolute Gasteiger partial charge is 0.269 e. The first-order chi connectivity index (χ1) is 9.93. The van der Waals surface area contributed by atoms with Gasteiger partial charge in [-0.15, -0.1) is 0 Å². The summed E-state index contributed by atoms with van der Waals surface area (Å²) in [6, 6.07) is 5.60. The third kappa shape index (κ3) is 3.51. The van der Waals surface area contributed by atoms with Crippen LogP contribution in [0.3, 0.4) is 0 Å². The SMILES string of the molecule is O=[N+]([O-])c1ccc(SC2O[C@H](CO)[C@@H](O)[C@H](O)[C@@H]2O)cc1. The Morgan fingerprint density at radius 2 is 1.76 bits per heavy atom. The van der Waals surface area contributed by atoms with Crippen molar-refractivity contribution in [3.63, 3.8) is 0 Å². The van der Waals surface area contributed by atoms with Gasteiger partial charge in [0, 0.05) is 17.0 Å². The minimum Gasteiger partial charge on any atom is -0.394 e. The summed E-state index contributed by atoms with van der Waals surface area (Å²) >= 11 is 1.04. The Kier molecular flexibility index (Phi) is 5.14. The van der Waals surface area contributed by atoms with Crippen molar-refractivity contribution in [1.29, 1.82) is 0 Å². The highest BCUT2D eigenvalue weighted by Gasteiger charge is 2.43. The van der Waals surface area contributed by atoms with Gasteiger partial charge in [-0.2, -0.15) is 0 Å². The van der Waals surface area contributed by atoms with Crippen molar-refractivity contribution >= 4 is 17.4 Å². The largest absolute Gasteiger partial charge is 0.394 e. The van der Waals surface area contributed by atoms with E-state index in [1.807, 2.05) is 0 Å². The monoisotopic (exact) mass is 317 g/mol. The highest BCUT2D eigenvalue weighted by Crippen LogP contribution is 2.33. The van der Waals surface area contributed by atoms with Gasteiger partial charge in [0.25, 0.3) is 5.69 Å². The van der Waals surface area contributed by atoms with Gasteiger partial charge in [0.05, 0.1) is 11.5 Å². The van der Waals surface area contributed by atoms with E-state index in [-0.39, 0.29) is 5.69 Å². The molecule has 0 bridgehead atoms. The molecule has 1 saturated heterocycles. The van der Waals surface area contributed by atoms with E-state index in [9.17, 15) is 25.4 Å². The zero-order valence-electron chi connectivity index (χ0n) is 10.8. The van der Waals surface area contributed by atoms with Crippen molar-refractivity contribution in [3.8, 4) is 0 Å². The van der Waals surface area contributed by atoms with Crippen LogP contribution < -0.4 is 0 Å². The van der Waals surface area contributed by atoms with Crippen molar-refractivity contribution < 1.29 is 30.1 Å². The second-order valence-electron chi connectivity index (χ2n) is 4.57. The van der Waals surface area contributed by atoms with E-state index in [4.69, 9.17) is 9.84 Å². The van der Waals surface area contributed by atoms with E-state index in [1.54, 1.807) is 0 Å². The summed E-state index contributed by atoms with van der Waals surface area (Å²) in [6.07, 6.45) is -5.16. The van der Waals surface area contributed by atoms with Gasteiger partial charge in [-0.25, -0.2) is 0 Å². The number of non-ortho nitro benzene ring substituents is 1. The number of nitrogens with zero attached hydrogens (tertiary/aromatic N) is 1. The van der Waals surface area contributed by atoms with Crippen molar-refractivity contribution in [3.05, 3.63) is 34.4 Å². The second kappa shape index (κ2) is 6.69. The fourth-order valence-electron chi connectivity index (χ4n) is 1.95. The first kappa shape index (κ1) is 16.1. The third-order valence-corrected chi connectivity index (χ3v) is 4.31. The number of ether oxygens (including phenoxy) is 1. The van der Waals surface area contributed by atoms with Crippen molar-refractivity contribution in [1.82, 2.24) is 0 Å². The fourth-order valence-corrected chi connectivity index (χ4v) is 3.01. The maximum Gasteiger partial charge on any atom is 0.269 e. The molecule has 9 heteroatoms. The van der Waals surface area contributed by atoms with Crippen LogP contribution in [-0.2, 0) is 4.74 Å². The van der Waals surface area contributed by atoms with Gasteiger partial charge >= 0.3 is 0 Å². The zero-order valence-corrected chi connectivity index (χ0v) is 11.6. The molecule has 1 heterocycles. The molecular formula is C12H15NO7S. The Morgan fingerprint density at radius 3 is 2.29 bits per heavy atom. The molecule has 116 valence electrons. The van der Waals surface area contributed by atoms with E-state index in [1.165, 1.54) is 24.3 Å². The van der Waals surface area contributed by atoms with Gasteiger partial charge in [-0.05, 0) is 12.1 Å². The first-order valence-corrected chi connectivity index (χ1v) is 7.03. The lowest BCUT2D eigenvalue weighted by atomic mass is 10.0. The lowest BCUT2D eigenvalue weighted by molar-refractivity contribution is -0.384. The maximum atomic E-state index is 10.6. The van der Waals surface area contributed by atoms with Gasteiger partial charge in [-0.1, -0.05) is 11.8 Å². The Bertz CT molecular complexity index is 495. The number of thioether (sulfide) groups is 1. The normalized spacial score (nSPS) is 32.9. The number of hydrogen-bond acceptors (Lipinski definition) is 8. The maximum absolute atomic E-state index is 10.6. The minimum absolute atomic E-state index is 0.0619. The molecule has 1 aromatic carbocycles. The molecular weight excluding hydrogens is 302 g/mol. The summed E-state index contributed by atoms with van der Waals surface area (Å²) in [5.74, 6) is 0. The second-order valence-corrected chi connectivity index (χ2v) is 5.74. The summed E-state index contributed by atoms with van der Waals surface area (Å²) in [7, 11) is 0. The molecule has 21 heavy (non-hydrogen) atoms. The Morgan fingerprint density at radius 1 is 1.14 bits per heavy atom. The number of hydrogen-bond donors (Lipinski definition) is 4. The van der Waals surface area contributed by atoms with Gasteiger partial charge in [0.2, 0.25) is 0 Å². The number of aliphatic hydroxyl groups excluding tert-OH is 4. The highest BCUT2D eigenvalue weighted by atomic mass is 32.2. The number of nitro benzene ring substituents is 1. The van der Waals surface area contributed by atoms with Gasteiger partial charge in [0.1, 0.15) is 29.9 Å². The number of aliphatic hydroxyl groups is 4. The van der Waals surface area contributed by atoms with Crippen LogP contribution in [0.15, 0.2) is 29.2 Å². The molecule has 5 atom stereocenters. The summed E-state index contributed by atoms with van der Waals surface area (Å²) in [6.45, 7) is -0.498. The van der Waals surface area contributed by atoms with Crippen LogP contribution in [0.1, 0.15) is 0 Å². The molecule has 1 aromatic rings. The average molecular weight is 317 g/mol. The number of rotatable bonds is 4. The quantitative estimate of drug-likeness (QED) is 0.431. The van der Waals surface area contributed by atoms with Crippen molar-refractivity contribution in [2.24, 2.45) is 0 Å². The summed E-state index contributed by atoms with van der Waals surface area (Å²) in [5, 5.41) is 48.9. The molecule has 1 fully saturated rings. The van der Waals surface area contributed by atoms with Crippen LogP contribution in [0.2, 0.25) is 0 Å². The lowest BCUT2D eigenvalue weighted by Gasteiger charge is -2.39. The first-order valence-electron chi connectivity index (χ1n) is 6.15. The Balaban J connectivity index is 2.08. The summed E-state index contributed by atoms with van der Waals surface area (Å²) < 4.78 is 5.33. The molecule has 8 nitrogen and oxygen atoms in total. The van der Waals surface area contributed by atoms with Gasteiger partial charge < -0.3 is 25.2 Å². The topological polar surface area (TPSA) is 133 Å². The van der Waals surface area contributed by atoms with Crippen LogP contribution in [0.5, 0.6) is 0 Å². The van der Waals surface area contributed by atoms with Gasteiger partial charge in [-0.3, -0.25) is 10.1 Å². The van der Waals surface area contributed by atoms with Gasteiger partial charge in [0.15, 0.2) is 0 Å². The highest BCUT2D eigenvalue weighted by molar-refractivity contribution is 7.99. The molecule has 2 rings (SSSR count). The van der Waals surface area contributed by atoms with E-state index < -0.39 is 41.4 Å². The Hall–Kier alpha value is -1.23. The average Bonchev–Trinajstić information content (AvgIpc) is 2.48. The molecule has 0 spiro atoms. The van der Waals surface area contributed by atoms with Crippen LogP contribution in [0.25, 0.3) is 0 Å². The van der Waals surface area contributed by atoms with Crippen LogP contribution in [0, 0.1) is 10.1 Å². The molecule has 0 aliphatic carbocycles. The van der Waals surface area contributed by atoms with E-state index in [2.05, 4.69) is 0 Å². The molecule has 0 aromatic heterocycles. The van der Waals surface area contributed by atoms with Crippen LogP contribution in [-0.4, -0.2) is 61.8 Å². The van der Waals surface area contributed by atoms with E-state index in [0.29, 0.717) is 4.90 Å². The molecule has 0 radical (unpaired) electrons. The standard InChI is InChI=1S/C12H15NO7S/c14-5-8-9(15)10(16)11(17)12(20-8)21-7-3-1-6(2-4-7)13(18)19/h1-4,8-12,14-17H,5H2/t8-,9-,10+,11+,12?/m1/s1.